The fraction of sp³-hybridized carbons (Fsp3) is 0.188. The molecule has 2 aromatic carbocycles. The first-order chi connectivity index (χ1) is 10.5. The molecule has 0 radical (unpaired) electrons. The van der Waals surface area contributed by atoms with Crippen LogP contribution in [0.15, 0.2) is 41.2 Å². The maximum Gasteiger partial charge on any atom is 0.323 e. The largest absolute Gasteiger partial charge is 0.490 e. The number of H-pyrrole nitrogens is 2. The summed E-state index contributed by atoms with van der Waals surface area (Å²) in [7, 11) is 0. The van der Waals surface area contributed by atoms with E-state index in [0.29, 0.717) is 27.4 Å². The smallest absolute Gasteiger partial charge is 0.323 e. The van der Waals surface area contributed by atoms with Crippen molar-refractivity contribution in [2.45, 2.75) is 13.1 Å². The number of nitrogens with one attached hydrogen (secondary N) is 2. The van der Waals surface area contributed by atoms with Crippen LogP contribution >= 0.6 is 11.6 Å². The van der Waals surface area contributed by atoms with Crippen LogP contribution in [0.25, 0.3) is 22.2 Å². The molecule has 1 unspecified atom stereocenters. The van der Waals surface area contributed by atoms with Gasteiger partial charge < -0.3 is 14.7 Å². The summed E-state index contributed by atoms with van der Waals surface area (Å²) in [6, 6.07) is 10.7. The molecule has 0 spiro atoms. The fourth-order valence-corrected chi connectivity index (χ4v) is 2.57. The molecule has 114 valence electrons. The Balaban J connectivity index is 2.09. The molecule has 0 aliphatic carbocycles. The second-order valence-electron chi connectivity index (χ2n) is 5.04. The summed E-state index contributed by atoms with van der Waals surface area (Å²) in [5, 5.41) is 0.501. The van der Waals surface area contributed by atoms with E-state index < -0.39 is 6.17 Å². The van der Waals surface area contributed by atoms with Crippen molar-refractivity contribution < 1.29 is 9.13 Å². The quantitative estimate of drug-likeness (QED) is 0.765. The number of ether oxygens (including phenoxy) is 1. The Labute approximate surface area is 130 Å². The van der Waals surface area contributed by atoms with Crippen LogP contribution in [0.1, 0.15) is 6.92 Å². The zero-order chi connectivity index (χ0) is 15.7. The number of rotatable bonds is 4. The Morgan fingerprint density at radius 2 is 2.00 bits per heavy atom. The Kier molecular flexibility index (Phi) is 3.90. The summed E-state index contributed by atoms with van der Waals surface area (Å²) in [4.78, 5) is 16.7. The van der Waals surface area contributed by atoms with Crippen molar-refractivity contribution in [1.29, 1.82) is 0 Å². The maximum absolute atomic E-state index is 13.0. The lowest BCUT2D eigenvalue weighted by Gasteiger charge is -2.13. The van der Waals surface area contributed by atoms with Crippen molar-refractivity contribution in [3.05, 3.63) is 51.9 Å². The summed E-state index contributed by atoms with van der Waals surface area (Å²) in [6.07, 6.45) is -1.07. The summed E-state index contributed by atoms with van der Waals surface area (Å²) < 4.78 is 18.5. The van der Waals surface area contributed by atoms with Crippen LogP contribution in [0.3, 0.4) is 0 Å². The molecule has 0 fully saturated rings. The molecule has 3 rings (SSSR count). The molecule has 6 heteroatoms. The number of hydrogen-bond acceptors (Lipinski definition) is 2. The predicted molar refractivity (Wildman–Crippen MR) is 85.4 cm³/mol. The van der Waals surface area contributed by atoms with E-state index in [0.717, 1.165) is 5.56 Å². The van der Waals surface area contributed by atoms with Crippen LogP contribution < -0.4 is 10.4 Å². The van der Waals surface area contributed by atoms with E-state index in [1.54, 1.807) is 30.3 Å². The van der Waals surface area contributed by atoms with Crippen molar-refractivity contribution in [2.24, 2.45) is 0 Å². The van der Waals surface area contributed by atoms with Crippen LogP contribution in [0.2, 0.25) is 5.02 Å². The van der Waals surface area contributed by atoms with Gasteiger partial charge in [0.15, 0.2) is 0 Å². The third-order valence-corrected chi connectivity index (χ3v) is 3.56. The minimum absolute atomic E-state index is 0.0451. The van der Waals surface area contributed by atoms with Crippen molar-refractivity contribution in [3.63, 3.8) is 0 Å². The summed E-state index contributed by atoms with van der Waals surface area (Å²) in [5.74, 6) is 0.509. The number of imidazole rings is 1. The number of halogens is 2. The van der Waals surface area contributed by atoms with Gasteiger partial charge in [-0.05, 0) is 36.8 Å². The average molecular weight is 321 g/mol. The van der Waals surface area contributed by atoms with Gasteiger partial charge in [-0.2, -0.15) is 0 Å². The minimum atomic E-state index is -1.07. The van der Waals surface area contributed by atoms with E-state index in [2.05, 4.69) is 9.97 Å². The molecule has 1 heterocycles. The van der Waals surface area contributed by atoms with Gasteiger partial charge in [0.25, 0.3) is 0 Å². The second kappa shape index (κ2) is 5.85. The van der Waals surface area contributed by atoms with Gasteiger partial charge in [-0.15, -0.1) is 0 Å². The first-order valence-corrected chi connectivity index (χ1v) is 7.20. The number of hydrogen-bond donors (Lipinski definition) is 2. The van der Waals surface area contributed by atoms with Gasteiger partial charge in [0, 0.05) is 5.56 Å². The first-order valence-electron chi connectivity index (χ1n) is 6.82. The third-order valence-electron chi connectivity index (χ3n) is 3.25. The zero-order valence-corrected chi connectivity index (χ0v) is 12.6. The Bertz CT molecular complexity index is 870. The molecule has 2 N–H and O–H groups in total. The van der Waals surface area contributed by atoms with Gasteiger partial charge in [0.2, 0.25) is 0 Å². The Morgan fingerprint density at radius 1 is 1.23 bits per heavy atom. The lowest BCUT2D eigenvalue weighted by atomic mass is 10.0. The number of aromatic amines is 2. The van der Waals surface area contributed by atoms with Crippen molar-refractivity contribution >= 4 is 22.6 Å². The fourth-order valence-electron chi connectivity index (χ4n) is 2.30. The van der Waals surface area contributed by atoms with E-state index in [4.69, 9.17) is 16.3 Å². The van der Waals surface area contributed by atoms with Crippen LogP contribution in [0.4, 0.5) is 4.39 Å². The molecule has 1 atom stereocenters. The molecule has 0 amide bonds. The normalized spacial score (nSPS) is 12.5. The highest BCUT2D eigenvalue weighted by Crippen LogP contribution is 2.37. The molecule has 0 saturated heterocycles. The van der Waals surface area contributed by atoms with Crippen LogP contribution in [-0.2, 0) is 0 Å². The molecular formula is C16H14ClFN2O2. The molecule has 22 heavy (non-hydrogen) atoms. The third kappa shape index (κ3) is 2.85. The van der Waals surface area contributed by atoms with Gasteiger partial charge in [-0.1, -0.05) is 23.7 Å². The SMILES string of the molecule is CC(F)COc1cccc(Cl)c1-c1ccc2[nH]c(=O)[nH]c2c1. The van der Waals surface area contributed by atoms with E-state index in [-0.39, 0.29) is 12.3 Å². The molecule has 0 aliphatic rings. The van der Waals surface area contributed by atoms with Crippen molar-refractivity contribution in [1.82, 2.24) is 9.97 Å². The topological polar surface area (TPSA) is 57.9 Å². The Hall–Kier alpha value is -2.27. The first kappa shape index (κ1) is 14.7. The highest BCUT2D eigenvalue weighted by atomic mass is 35.5. The lowest BCUT2D eigenvalue weighted by Crippen LogP contribution is -2.09. The summed E-state index contributed by atoms with van der Waals surface area (Å²) >= 11 is 6.28. The lowest BCUT2D eigenvalue weighted by molar-refractivity contribution is 0.210. The molecule has 3 aromatic rings. The van der Waals surface area contributed by atoms with Gasteiger partial charge in [-0.3, -0.25) is 0 Å². The van der Waals surface area contributed by atoms with Crippen LogP contribution in [-0.4, -0.2) is 22.7 Å². The predicted octanol–water partition coefficient (Wildman–Crippen LogP) is 3.91. The maximum atomic E-state index is 13.0. The number of benzene rings is 2. The highest BCUT2D eigenvalue weighted by Gasteiger charge is 2.13. The number of fused-ring (bicyclic) bond motifs is 1. The number of alkyl halides is 1. The van der Waals surface area contributed by atoms with Crippen molar-refractivity contribution in [3.8, 4) is 16.9 Å². The summed E-state index contributed by atoms with van der Waals surface area (Å²) in [6.45, 7) is 1.39. The van der Waals surface area contributed by atoms with Gasteiger partial charge in [0.1, 0.15) is 18.5 Å². The zero-order valence-electron chi connectivity index (χ0n) is 11.8. The molecule has 0 aliphatic heterocycles. The van der Waals surface area contributed by atoms with E-state index in [9.17, 15) is 9.18 Å². The highest BCUT2D eigenvalue weighted by molar-refractivity contribution is 6.33. The monoisotopic (exact) mass is 320 g/mol. The van der Waals surface area contributed by atoms with E-state index in [1.807, 2.05) is 6.07 Å². The van der Waals surface area contributed by atoms with Gasteiger partial charge in [0.05, 0.1) is 16.1 Å². The van der Waals surface area contributed by atoms with Crippen molar-refractivity contribution in [2.75, 3.05) is 6.61 Å². The Morgan fingerprint density at radius 3 is 2.77 bits per heavy atom. The van der Waals surface area contributed by atoms with E-state index >= 15 is 0 Å². The number of aromatic nitrogens is 2. The molecule has 0 bridgehead atoms. The standard InChI is InChI=1S/C16H14ClFN2O2/c1-9(18)8-22-14-4-2-3-11(17)15(14)10-5-6-12-13(7-10)20-16(21)19-12/h2-7,9H,8H2,1H3,(H2,19,20,21). The van der Waals surface area contributed by atoms with Gasteiger partial charge >= 0.3 is 5.69 Å². The second-order valence-corrected chi connectivity index (χ2v) is 5.45. The average Bonchev–Trinajstić information content (AvgIpc) is 2.84. The molecule has 0 saturated carbocycles. The summed E-state index contributed by atoms with van der Waals surface area (Å²) in [5.41, 5.74) is 2.57. The molecule has 4 nitrogen and oxygen atoms in total. The van der Waals surface area contributed by atoms with Crippen LogP contribution in [0.5, 0.6) is 5.75 Å². The van der Waals surface area contributed by atoms with E-state index in [1.165, 1.54) is 6.92 Å². The minimum Gasteiger partial charge on any atom is -0.490 e. The molecular weight excluding hydrogens is 307 g/mol. The van der Waals surface area contributed by atoms with Gasteiger partial charge in [-0.25, -0.2) is 9.18 Å². The molecule has 1 aromatic heterocycles. The van der Waals surface area contributed by atoms with Crippen LogP contribution in [0, 0.1) is 0 Å².